The van der Waals surface area contributed by atoms with E-state index in [-0.39, 0.29) is 18.7 Å². The topological polar surface area (TPSA) is 131 Å². The summed E-state index contributed by atoms with van der Waals surface area (Å²) in [5.41, 5.74) is 8.23. The predicted octanol–water partition coefficient (Wildman–Crippen LogP) is -0.953. The third-order valence-corrected chi connectivity index (χ3v) is 2.04. The highest BCUT2D eigenvalue weighted by Crippen LogP contribution is 2.36. The molecule has 0 amide bonds. The van der Waals surface area contributed by atoms with Gasteiger partial charge in [0.1, 0.15) is 0 Å². The van der Waals surface area contributed by atoms with Gasteiger partial charge < -0.3 is 31.6 Å². The number of nitrogens with two attached hydrogens (primary N) is 1. The van der Waals surface area contributed by atoms with E-state index in [1.165, 1.54) is 18.3 Å². The molecule has 7 heteroatoms. The first kappa shape index (κ1) is 13.1. The Balaban J connectivity index is 2.63. The summed E-state index contributed by atoms with van der Waals surface area (Å²) in [5.74, 6) is -1.46. The largest absolute Gasteiger partial charge is 0.504 e. The van der Waals surface area contributed by atoms with Gasteiger partial charge in [-0.15, -0.1) is 0 Å². The van der Waals surface area contributed by atoms with Crippen LogP contribution < -0.4 is 11.2 Å². The number of nitrogens with one attached hydrogen (secondary N) is 1. The monoisotopic (exact) mass is 241 g/mol. The molecule has 1 aromatic rings. The lowest BCUT2D eigenvalue weighted by atomic mass is 10.2. The number of rotatable bonds is 5. The normalized spacial score (nSPS) is 12.8. The van der Waals surface area contributed by atoms with Gasteiger partial charge in [-0.3, -0.25) is 0 Å². The van der Waals surface area contributed by atoms with Crippen LogP contribution in [0.1, 0.15) is 5.56 Å². The minimum Gasteiger partial charge on any atom is -0.504 e. The van der Waals surface area contributed by atoms with E-state index in [9.17, 15) is 10.2 Å². The number of hydrazone groups is 1. The van der Waals surface area contributed by atoms with Gasteiger partial charge in [-0.05, 0) is 12.1 Å². The lowest BCUT2D eigenvalue weighted by Crippen LogP contribution is -2.34. The van der Waals surface area contributed by atoms with E-state index < -0.39 is 23.3 Å². The Labute approximate surface area is 97.8 Å². The van der Waals surface area contributed by atoms with E-state index in [2.05, 4.69) is 10.5 Å². The van der Waals surface area contributed by atoms with Crippen LogP contribution in [0.5, 0.6) is 17.2 Å². The van der Waals surface area contributed by atoms with Crippen molar-refractivity contribution in [1.29, 1.82) is 0 Å². The fraction of sp³-hybridized carbons (Fsp3) is 0.300. The van der Waals surface area contributed by atoms with Gasteiger partial charge in [-0.25, -0.2) is 0 Å². The Hall–Kier alpha value is -1.99. The van der Waals surface area contributed by atoms with Crippen molar-refractivity contribution < 1.29 is 20.4 Å². The van der Waals surface area contributed by atoms with Crippen molar-refractivity contribution in [1.82, 2.24) is 5.43 Å². The van der Waals surface area contributed by atoms with E-state index in [1.54, 1.807) is 0 Å². The highest BCUT2D eigenvalue weighted by Gasteiger charge is 2.08. The van der Waals surface area contributed by atoms with Crippen LogP contribution in [0.4, 0.5) is 0 Å². The first-order valence-corrected chi connectivity index (χ1v) is 4.92. The number of aromatic hydroxyl groups is 3. The van der Waals surface area contributed by atoms with Crippen molar-refractivity contribution in [3.8, 4) is 17.2 Å². The van der Waals surface area contributed by atoms with Gasteiger partial charge in [0.05, 0.1) is 19.4 Å². The van der Waals surface area contributed by atoms with E-state index in [0.717, 1.165) is 0 Å². The van der Waals surface area contributed by atoms with Crippen molar-refractivity contribution in [3.63, 3.8) is 0 Å². The third kappa shape index (κ3) is 3.51. The van der Waals surface area contributed by atoms with Crippen LogP contribution in [0.3, 0.4) is 0 Å². The van der Waals surface area contributed by atoms with Gasteiger partial charge in [0, 0.05) is 11.6 Å². The molecule has 94 valence electrons. The first-order valence-electron chi connectivity index (χ1n) is 4.92. The Bertz CT molecular complexity index is 409. The standard InChI is InChI=1S/C10H15N3O4/c11-7(5-14)4-13-12-3-6-1-2-8(15)10(17)9(6)16/h1-3,7,13-17H,4-5,11H2/b12-3+. The molecule has 0 aliphatic heterocycles. The molecule has 1 aromatic carbocycles. The summed E-state index contributed by atoms with van der Waals surface area (Å²) in [4.78, 5) is 0. The van der Waals surface area contributed by atoms with E-state index in [1.807, 2.05) is 0 Å². The summed E-state index contributed by atoms with van der Waals surface area (Å²) in [5, 5.41) is 40.1. The molecule has 0 aliphatic rings. The highest BCUT2D eigenvalue weighted by atomic mass is 16.3. The fourth-order valence-electron chi connectivity index (χ4n) is 1.04. The second-order valence-corrected chi connectivity index (χ2v) is 3.43. The number of hydrogen-bond donors (Lipinski definition) is 6. The number of phenols is 3. The van der Waals surface area contributed by atoms with Crippen LogP contribution in [-0.4, -0.2) is 45.8 Å². The van der Waals surface area contributed by atoms with Gasteiger partial charge in [0.2, 0.25) is 5.75 Å². The summed E-state index contributed by atoms with van der Waals surface area (Å²) in [6, 6.07) is 2.20. The average molecular weight is 241 g/mol. The summed E-state index contributed by atoms with van der Waals surface area (Å²) in [6.45, 7) is 0.117. The second-order valence-electron chi connectivity index (χ2n) is 3.43. The molecular formula is C10H15N3O4. The molecular weight excluding hydrogens is 226 g/mol. The second kappa shape index (κ2) is 5.92. The van der Waals surface area contributed by atoms with Gasteiger partial charge >= 0.3 is 0 Å². The molecule has 0 saturated heterocycles. The molecule has 0 radical (unpaired) electrons. The maximum Gasteiger partial charge on any atom is 0.200 e. The van der Waals surface area contributed by atoms with Gasteiger partial charge in [0.15, 0.2) is 11.5 Å². The van der Waals surface area contributed by atoms with E-state index in [4.69, 9.17) is 15.9 Å². The number of phenolic OH excluding ortho intramolecular Hbond substituents is 3. The minimum absolute atomic E-state index is 0.159. The first-order chi connectivity index (χ1) is 8.06. The van der Waals surface area contributed by atoms with Gasteiger partial charge in [0.25, 0.3) is 0 Å². The quantitative estimate of drug-likeness (QED) is 0.224. The van der Waals surface area contributed by atoms with Crippen molar-refractivity contribution >= 4 is 6.21 Å². The molecule has 0 bridgehead atoms. The Kier molecular flexibility index (Phi) is 4.56. The molecule has 17 heavy (non-hydrogen) atoms. The number of hydrogen-bond acceptors (Lipinski definition) is 7. The van der Waals surface area contributed by atoms with Crippen molar-refractivity contribution in [3.05, 3.63) is 17.7 Å². The maximum absolute atomic E-state index is 9.44. The van der Waals surface area contributed by atoms with Crippen molar-refractivity contribution in [2.45, 2.75) is 6.04 Å². The molecule has 1 unspecified atom stereocenters. The number of aliphatic hydroxyl groups is 1. The zero-order chi connectivity index (χ0) is 12.8. The molecule has 0 aliphatic carbocycles. The predicted molar refractivity (Wildman–Crippen MR) is 62.1 cm³/mol. The fourth-order valence-corrected chi connectivity index (χ4v) is 1.04. The SMILES string of the molecule is NC(CO)CN/N=C/c1ccc(O)c(O)c1O. The number of benzene rings is 1. The van der Waals surface area contributed by atoms with Gasteiger partial charge in [-0.1, -0.05) is 0 Å². The summed E-state index contributed by atoms with van der Waals surface area (Å²) >= 11 is 0. The highest BCUT2D eigenvalue weighted by molar-refractivity contribution is 5.85. The lowest BCUT2D eigenvalue weighted by Gasteiger charge is -2.06. The van der Waals surface area contributed by atoms with Crippen LogP contribution in [0, 0.1) is 0 Å². The molecule has 7 nitrogen and oxygen atoms in total. The molecule has 0 heterocycles. The van der Waals surface area contributed by atoms with E-state index >= 15 is 0 Å². The minimum atomic E-state index is -0.596. The molecule has 0 saturated carbocycles. The van der Waals surface area contributed by atoms with Gasteiger partial charge in [-0.2, -0.15) is 5.10 Å². The third-order valence-electron chi connectivity index (χ3n) is 2.04. The van der Waals surface area contributed by atoms with Crippen molar-refractivity contribution in [2.24, 2.45) is 10.8 Å². The van der Waals surface area contributed by atoms with Crippen LogP contribution in [0.25, 0.3) is 0 Å². The van der Waals surface area contributed by atoms with Crippen LogP contribution in [0.15, 0.2) is 17.2 Å². The molecule has 0 aromatic heterocycles. The summed E-state index contributed by atoms with van der Waals surface area (Å²) in [6.07, 6.45) is 1.26. The smallest absolute Gasteiger partial charge is 0.200 e. The molecule has 1 atom stereocenters. The van der Waals surface area contributed by atoms with E-state index in [0.29, 0.717) is 0 Å². The number of nitrogens with zero attached hydrogens (tertiary/aromatic N) is 1. The zero-order valence-electron chi connectivity index (χ0n) is 9.04. The Morgan fingerprint density at radius 3 is 2.65 bits per heavy atom. The summed E-state index contributed by atoms with van der Waals surface area (Å²) in [7, 11) is 0. The average Bonchev–Trinajstić information content (AvgIpc) is 2.33. The molecule has 0 fully saturated rings. The Morgan fingerprint density at radius 2 is 2.00 bits per heavy atom. The molecule has 0 spiro atoms. The number of aliphatic hydroxyl groups excluding tert-OH is 1. The van der Waals surface area contributed by atoms with Crippen molar-refractivity contribution in [2.75, 3.05) is 13.2 Å². The summed E-state index contributed by atoms with van der Waals surface area (Å²) < 4.78 is 0. The van der Waals surface area contributed by atoms with Crippen LogP contribution in [-0.2, 0) is 0 Å². The molecule has 1 rings (SSSR count). The maximum atomic E-state index is 9.44. The van der Waals surface area contributed by atoms with Crippen LogP contribution in [0.2, 0.25) is 0 Å². The zero-order valence-corrected chi connectivity index (χ0v) is 9.04. The van der Waals surface area contributed by atoms with Crippen LogP contribution >= 0.6 is 0 Å². The molecule has 7 N–H and O–H groups in total. The Morgan fingerprint density at radius 1 is 1.29 bits per heavy atom. The lowest BCUT2D eigenvalue weighted by molar-refractivity contribution is 0.263.